The van der Waals surface area contributed by atoms with Crippen LogP contribution in [0.25, 0.3) is 11.4 Å². The van der Waals surface area contributed by atoms with Gasteiger partial charge in [0, 0.05) is 32.0 Å². The smallest absolute Gasteiger partial charge is 0.328 e. The highest BCUT2D eigenvalue weighted by molar-refractivity contribution is 6.20. The number of fused-ring (bicyclic) bond motifs is 4. The van der Waals surface area contributed by atoms with Crippen LogP contribution in [-0.2, 0) is 20.7 Å². The van der Waals surface area contributed by atoms with E-state index in [1.807, 2.05) is 19.0 Å². The summed E-state index contributed by atoms with van der Waals surface area (Å²) < 4.78 is 26.9. The Morgan fingerprint density at radius 2 is 1.94 bits per heavy atom. The third-order valence-corrected chi connectivity index (χ3v) is 6.61. The molecule has 0 unspecified atom stereocenters. The van der Waals surface area contributed by atoms with Crippen LogP contribution in [0.4, 0.5) is 14.9 Å². The van der Waals surface area contributed by atoms with Crippen molar-refractivity contribution >= 4 is 23.5 Å². The van der Waals surface area contributed by atoms with E-state index in [1.54, 1.807) is 24.8 Å². The molecule has 0 aliphatic carbocycles. The molecular formula is C22H25FN6O5. The Kier molecular flexibility index (Phi) is 5.17. The first-order valence-electron chi connectivity index (χ1n) is 11.0. The summed E-state index contributed by atoms with van der Waals surface area (Å²) in [4.78, 5) is 46.3. The highest BCUT2D eigenvalue weighted by Gasteiger charge is 2.63. The van der Waals surface area contributed by atoms with Gasteiger partial charge in [-0.25, -0.2) is 9.18 Å². The number of urea groups is 1. The Morgan fingerprint density at radius 1 is 1.24 bits per heavy atom. The van der Waals surface area contributed by atoms with Crippen molar-refractivity contribution in [2.75, 3.05) is 32.1 Å². The number of carbonyl (C=O) groups is 3. The first-order chi connectivity index (χ1) is 16.1. The van der Waals surface area contributed by atoms with Crippen molar-refractivity contribution in [2.45, 2.75) is 38.5 Å². The second-order valence-corrected chi connectivity index (χ2v) is 9.31. The summed E-state index contributed by atoms with van der Waals surface area (Å²) >= 11 is 0. The number of anilines is 1. The van der Waals surface area contributed by atoms with Crippen LogP contribution in [0.15, 0.2) is 16.7 Å². The van der Waals surface area contributed by atoms with Gasteiger partial charge in [-0.2, -0.15) is 4.98 Å². The van der Waals surface area contributed by atoms with Gasteiger partial charge in [-0.05, 0) is 38.7 Å². The Bertz CT molecular complexity index is 1180. The number of aryl methyl sites for hydroxylation is 1. The normalized spacial score (nSPS) is 25.8. The fourth-order valence-electron chi connectivity index (χ4n) is 5.47. The molecule has 3 aliphatic rings. The Hall–Kier alpha value is -3.38. The summed E-state index contributed by atoms with van der Waals surface area (Å²) in [5.74, 6) is -1.47. The van der Waals surface area contributed by atoms with Gasteiger partial charge in [0.2, 0.25) is 23.5 Å². The van der Waals surface area contributed by atoms with Crippen LogP contribution in [0.2, 0.25) is 0 Å². The number of carbonyl (C=O) groups excluding carboxylic acids is 3. The zero-order valence-corrected chi connectivity index (χ0v) is 19.2. The topological polar surface area (TPSA) is 130 Å². The average Bonchev–Trinajstić information content (AvgIpc) is 3.17. The Labute approximate surface area is 194 Å². The molecule has 34 heavy (non-hydrogen) atoms. The number of aromatic nitrogens is 2. The number of rotatable bonds is 3. The van der Waals surface area contributed by atoms with Crippen molar-refractivity contribution in [3.63, 3.8) is 0 Å². The van der Waals surface area contributed by atoms with E-state index >= 15 is 4.39 Å². The van der Waals surface area contributed by atoms with Crippen LogP contribution >= 0.6 is 0 Å². The molecule has 0 radical (unpaired) electrons. The molecule has 2 aromatic rings. The van der Waals surface area contributed by atoms with Crippen molar-refractivity contribution in [1.29, 1.82) is 0 Å². The van der Waals surface area contributed by atoms with Crippen LogP contribution in [0.1, 0.15) is 18.4 Å². The second kappa shape index (κ2) is 7.84. The van der Waals surface area contributed by atoms with E-state index in [-0.39, 0.29) is 24.9 Å². The lowest BCUT2D eigenvalue weighted by Gasteiger charge is -2.55. The molecule has 11 nitrogen and oxygen atoms in total. The molecule has 2 fully saturated rings. The van der Waals surface area contributed by atoms with Crippen LogP contribution in [0.3, 0.4) is 0 Å². The largest absolute Gasteiger partial charge is 0.370 e. The standard InChI is InChI=1S/C22H25FN6O5/c1-10-17-22(19(30)25-21(32)26-20(22)31)7-13-5-12(18-24-11(2)34-27-18)6-15(23)16(13)29(17)9-14(33-10)8-28(3)4/h5-6,10,14,17H,7-9H2,1-4H3,(H2,25,26,30,31,32)/t10-,14+,17+/m0/s1. The number of benzene rings is 1. The Morgan fingerprint density at radius 3 is 2.56 bits per heavy atom. The number of amides is 4. The van der Waals surface area contributed by atoms with E-state index in [4.69, 9.17) is 9.26 Å². The van der Waals surface area contributed by atoms with Crippen molar-refractivity contribution in [3.8, 4) is 11.4 Å². The lowest BCUT2D eigenvalue weighted by Crippen LogP contribution is -2.75. The first kappa shape index (κ1) is 22.4. The van der Waals surface area contributed by atoms with Gasteiger partial charge >= 0.3 is 6.03 Å². The maximum atomic E-state index is 15.7. The summed E-state index contributed by atoms with van der Waals surface area (Å²) in [6, 6.07) is 1.29. The zero-order valence-electron chi connectivity index (χ0n) is 19.2. The van der Waals surface area contributed by atoms with Crippen LogP contribution < -0.4 is 15.5 Å². The first-order valence-corrected chi connectivity index (χ1v) is 11.0. The van der Waals surface area contributed by atoms with Gasteiger partial charge in [0.25, 0.3) is 0 Å². The van der Waals surface area contributed by atoms with Crippen molar-refractivity contribution < 1.29 is 28.0 Å². The highest BCUT2D eigenvalue weighted by atomic mass is 19.1. The number of hydrogen-bond donors (Lipinski definition) is 2. The fourth-order valence-corrected chi connectivity index (χ4v) is 5.47. The van der Waals surface area contributed by atoms with Gasteiger partial charge in [0.1, 0.15) is 5.82 Å². The van der Waals surface area contributed by atoms with Crippen LogP contribution in [0, 0.1) is 18.2 Å². The van der Waals surface area contributed by atoms with E-state index < -0.39 is 41.2 Å². The fraction of sp³-hybridized carbons (Fsp3) is 0.500. The minimum atomic E-state index is -1.69. The minimum absolute atomic E-state index is 0.123. The summed E-state index contributed by atoms with van der Waals surface area (Å²) in [5.41, 5.74) is -0.593. The van der Waals surface area contributed by atoms with Crippen molar-refractivity contribution in [3.05, 3.63) is 29.4 Å². The molecule has 1 spiro atoms. The number of halogens is 1. The molecule has 5 rings (SSSR count). The van der Waals surface area contributed by atoms with Gasteiger partial charge in [0.05, 0.1) is 23.9 Å². The SMILES string of the molecule is Cc1nc(-c2cc(F)c3c(c2)CC2(C(=O)NC(=O)NC2=O)[C@H]2[C@H](C)O[C@H](CN(C)C)CN32)no1. The van der Waals surface area contributed by atoms with Gasteiger partial charge in [-0.15, -0.1) is 0 Å². The molecule has 3 atom stereocenters. The predicted molar refractivity (Wildman–Crippen MR) is 116 cm³/mol. The molecule has 4 amide bonds. The molecule has 180 valence electrons. The molecular weight excluding hydrogens is 447 g/mol. The van der Waals surface area contributed by atoms with E-state index in [2.05, 4.69) is 20.8 Å². The molecule has 0 bridgehead atoms. The number of imide groups is 2. The molecule has 12 heteroatoms. The number of morpholine rings is 1. The predicted octanol–water partition coefficient (Wildman–Crippen LogP) is 0.617. The van der Waals surface area contributed by atoms with Crippen LogP contribution in [-0.4, -0.2) is 78.3 Å². The number of barbiturate groups is 1. The summed E-state index contributed by atoms with van der Waals surface area (Å²) in [5, 5.41) is 8.32. The highest BCUT2D eigenvalue weighted by Crippen LogP contribution is 2.48. The zero-order chi connectivity index (χ0) is 24.4. The molecule has 0 saturated carbocycles. The summed E-state index contributed by atoms with van der Waals surface area (Å²) in [6.07, 6.45) is -1.02. The maximum absolute atomic E-state index is 15.7. The molecule has 3 aliphatic heterocycles. The number of hydrogen-bond acceptors (Lipinski definition) is 9. The molecule has 4 heterocycles. The summed E-state index contributed by atoms with van der Waals surface area (Å²) in [7, 11) is 3.80. The van der Waals surface area contributed by atoms with Gasteiger partial charge < -0.3 is 19.1 Å². The van der Waals surface area contributed by atoms with E-state index in [0.29, 0.717) is 29.2 Å². The average molecular weight is 472 g/mol. The van der Waals surface area contributed by atoms with E-state index in [1.165, 1.54) is 6.07 Å². The lowest BCUT2D eigenvalue weighted by atomic mass is 9.66. The second-order valence-electron chi connectivity index (χ2n) is 9.31. The van der Waals surface area contributed by atoms with Crippen LogP contribution in [0.5, 0.6) is 0 Å². The van der Waals surface area contributed by atoms with E-state index in [0.717, 1.165) is 0 Å². The van der Waals surface area contributed by atoms with E-state index in [9.17, 15) is 14.4 Å². The van der Waals surface area contributed by atoms with Gasteiger partial charge in [-0.3, -0.25) is 20.2 Å². The molecule has 2 saturated heterocycles. The molecule has 2 N–H and O–H groups in total. The van der Waals surface area contributed by atoms with Gasteiger partial charge in [0.15, 0.2) is 5.41 Å². The molecule has 1 aromatic carbocycles. The molecule has 1 aromatic heterocycles. The Balaban J connectivity index is 1.68. The third-order valence-electron chi connectivity index (χ3n) is 6.61. The number of likely N-dealkylation sites (N-methyl/N-ethyl adjacent to an activating group) is 1. The monoisotopic (exact) mass is 472 g/mol. The maximum Gasteiger partial charge on any atom is 0.328 e. The third kappa shape index (κ3) is 3.36. The van der Waals surface area contributed by atoms with Crippen molar-refractivity contribution in [2.24, 2.45) is 5.41 Å². The summed E-state index contributed by atoms with van der Waals surface area (Å²) in [6.45, 7) is 4.21. The van der Waals surface area contributed by atoms with Gasteiger partial charge in [-0.1, -0.05) is 5.16 Å². The quantitative estimate of drug-likeness (QED) is 0.618. The minimum Gasteiger partial charge on any atom is -0.370 e. The van der Waals surface area contributed by atoms with Crippen molar-refractivity contribution in [1.82, 2.24) is 25.7 Å². The number of nitrogens with one attached hydrogen (secondary N) is 2. The number of ether oxygens (including phenoxy) is 1. The number of nitrogens with zero attached hydrogens (tertiary/aromatic N) is 4. The lowest BCUT2D eigenvalue weighted by molar-refractivity contribution is -0.154.